The van der Waals surface area contributed by atoms with Crippen molar-refractivity contribution in [1.82, 2.24) is 10.4 Å². The van der Waals surface area contributed by atoms with E-state index in [0.717, 1.165) is 0 Å². The Bertz CT molecular complexity index is 338. The molecule has 0 saturated carbocycles. The molecule has 0 amide bonds. The van der Waals surface area contributed by atoms with Gasteiger partial charge in [0, 0.05) is 11.1 Å². The minimum atomic E-state index is -1.18. The van der Waals surface area contributed by atoms with Crippen LogP contribution in [0.25, 0.3) is 0 Å². The van der Waals surface area contributed by atoms with E-state index in [1.807, 2.05) is 27.7 Å². The van der Waals surface area contributed by atoms with Crippen LogP contribution in [0.3, 0.4) is 0 Å². The molecule has 0 aromatic carbocycles. The number of hydrazine groups is 1. The van der Waals surface area contributed by atoms with Gasteiger partial charge in [-0.25, -0.2) is 5.01 Å². The molecule has 22 heavy (non-hydrogen) atoms. The minimum absolute atomic E-state index is 0.310. The van der Waals surface area contributed by atoms with Crippen LogP contribution in [0.2, 0.25) is 0 Å². The van der Waals surface area contributed by atoms with E-state index in [4.69, 9.17) is 5.73 Å². The molecule has 3 unspecified atom stereocenters. The molecule has 6 nitrogen and oxygen atoms in total. The monoisotopic (exact) mass is 319 g/mol. The van der Waals surface area contributed by atoms with E-state index in [-0.39, 0.29) is 0 Å². The SMILES string of the molecule is CNN(C(O)C(O)C(C)(N)CC(C)C)C(C)(C)CC(C)(C)O. The Morgan fingerprint density at radius 3 is 1.86 bits per heavy atom. The van der Waals surface area contributed by atoms with Crippen LogP contribution in [0.1, 0.15) is 61.3 Å². The van der Waals surface area contributed by atoms with Gasteiger partial charge in [0.05, 0.1) is 5.60 Å². The van der Waals surface area contributed by atoms with Crippen LogP contribution >= 0.6 is 0 Å². The quantitative estimate of drug-likeness (QED) is 0.318. The highest BCUT2D eigenvalue weighted by Crippen LogP contribution is 2.29. The van der Waals surface area contributed by atoms with Crippen LogP contribution in [0, 0.1) is 5.92 Å². The summed E-state index contributed by atoms with van der Waals surface area (Å²) >= 11 is 0. The van der Waals surface area contributed by atoms with Crippen molar-refractivity contribution < 1.29 is 15.3 Å². The maximum atomic E-state index is 10.6. The molecule has 0 aliphatic heterocycles. The van der Waals surface area contributed by atoms with E-state index in [2.05, 4.69) is 5.43 Å². The summed E-state index contributed by atoms with van der Waals surface area (Å²) in [6.45, 7) is 13.0. The van der Waals surface area contributed by atoms with Gasteiger partial charge in [-0.05, 0) is 60.4 Å². The van der Waals surface area contributed by atoms with Crippen molar-refractivity contribution in [2.24, 2.45) is 11.7 Å². The number of aliphatic hydroxyl groups is 3. The topological polar surface area (TPSA) is 102 Å². The average molecular weight is 319 g/mol. The summed E-state index contributed by atoms with van der Waals surface area (Å²) in [6.07, 6.45) is -1.30. The Hall–Kier alpha value is -0.240. The van der Waals surface area contributed by atoms with Gasteiger partial charge in [0.2, 0.25) is 0 Å². The van der Waals surface area contributed by atoms with Crippen LogP contribution in [-0.4, -0.2) is 56.4 Å². The van der Waals surface area contributed by atoms with Crippen molar-refractivity contribution >= 4 is 0 Å². The largest absolute Gasteiger partial charge is 0.390 e. The molecule has 6 N–H and O–H groups in total. The van der Waals surface area contributed by atoms with E-state index in [0.29, 0.717) is 18.8 Å². The van der Waals surface area contributed by atoms with Crippen LogP contribution in [0.15, 0.2) is 0 Å². The molecule has 0 bridgehead atoms. The second kappa shape index (κ2) is 7.55. The van der Waals surface area contributed by atoms with E-state index in [1.54, 1.807) is 32.8 Å². The molecule has 0 aliphatic rings. The molecule has 0 saturated heterocycles. The first-order chi connectivity index (χ1) is 9.64. The summed E-state index contributed by atoms with van der Waals surface area (Å²) in [5, 5.41) is 32.8. The van der Waals surface area contributed by atoms with Gasteiger partial charge in [-0.3, -0.25) is 5.43 Å². The zero-order valence-electron chi connectivity index (χ0n) is 15.5. The zero-order chi connectivity index (χ0) is 17.9. The second-order valence-electron chi connectivity index (χ2n) is 8.36. The lowest BCUT2D eigenvalue weighted by molar-refractivity contribution is -0.171. The maximum absolute atomic E-state index is 10.6. The Kier molecular flexibility index (Phi) is 7.47. The number of hydrogen-bond donors (Lipinski definition) is 5. The summed E-state index contributed by atoms with van der Waals surface area (Å²) in [5.74, 6) is 0.310. The van der Waals surface area contributed by atoms with E-state index >= 15 is 0 Å². The Labute approximate surface area is 135 Å². The molecule has 0 aromatic rings. The third-order valence-electron chi connectivity index (χ3n) is 3.83. The molecular formula is C16H37N3O3. The van der Waals surface area contributed by atoms with Crippen molar-refractivity contribution in [2.75, 3.05) is 7.05 Å². The third-order valence-corrected chi connectivity index (χ3v) is 3.83. The highest BCUT2D eigenvalue weighted by Gasteiger charge is 2.43. The van der Waals surface area contributed by atoms with Gasteiger partial charge in [0.15, 0.2) is 0 Å². The van der Waals surface area contributed by atoms with Crippen molar-refractivity contribution in [3.8, 4) is 0 Å². The number of nitrogens with one attached hydrogen (secondary N) is 1. The predicted molar refractivity (Wildman–Crippen MR) is 90.0 cm³/mol. The van der Waals surface area contributed by atoms with E-state index < -0.39 is 29.0 Å². The van der Waals surface area contributed by atoms with Crippen LogP contribution in [0.4, 0.5) is 0 Å². The van der Waals surface area contributed by atoms with Gasteiger partial charge in [-0.15, -0.1) is 0 Å². The summed E-state index contributed by atoms with van der Waals surface area (Å²) in [6, 6.07) is 0. The van der Waals surface area contributed by atoms with Gasteiger partial charge >= 0.3 is 0 Å². The molecule has 3 atom stereocenters. The second-order valence-corrected chi connectivity index (χ2v) is 8.36. The van der Waals surface area contributed by atoms with E-state index in [9.17, 15) is 15.3 Å². The molecule has 6 heteroatoms. The van der Waals surface area contributed by atoms with Crippen LogP contribution < -0.4 is 11.2 Å². The van der Waals surface area contributed by atoms with Crippen molar-refractivity contribution in [1.29, 1.82) is 0 Å². The maximum Gasteiger partial charge on any atom is 0.148 e. The molecule has 0 heterocycles. The Morgan fingerprint density at radius 1 is 1.09 bits per heavy atom. The molecule has 0 aromatic heterocycles. The molecule has 134 valence electrons. The number of nitrogens with zero attached hydrogens (tertiary/aromatic N) is 1. The molecule has 0 aliphatic carbocycles. The standard InChI is InChI=1S/C16H37N3O3/c1-11(2)9-16(7,17)12(20)13(21)19(18-8)14(3,4)10-15(5,6)22/h11-13,18,20-22H,9-10,17H2,1-8H3. The lowest BCUT2D eigenvalue weighted by Gasteiger charge is -2.47. The Morgan fingerprint density at radius 2 is 1.55 bits per heavy atom. The fraction of sp³-hybridized carbons (Fsp3) is 1.00. The first-order valence-corrected chi connectivity index (χ1v) is 7.98. The third kappa shape index (κ3) is 6.48. The van der Waals surface area contributed by atoms with Gasteiger partial charge in [-0.2, -0.15) is 0 Å². The summed E-state index contributed by atoms with van der Waals surface area (Å²) in [5.41, 5.74) is 6.75. The van der Waals surface area contributed by atoms with Gasteiger partial charge in [-0.1, -0.05) is 13.8 Å². The predicted octanol–water partition coefficient (Wildman–Crippen LogP) is 0.805. The highest BCUT2D eigenvalue weighted by atomic mass is 16.4. The summed E-state index contributed by atoms with van der Waals surface area (Å²) in [7, 11) is 1.68. The van der Waals surface area contributed by atoms with Crippen molar-refractivity contribution in [2.45, 2.75) is 90.3 Å². The lowest BCUT2D eigenvalue weighted by atomic mass is 9.84. The average Bonchev–Trinajstić information content (AvgIpc) is 2.22. The molecule has 0 fully saturated rings. The number of nitrogens with two attached hydrogens (primary N) is 1. The minimum Gasteiger partial charge on any atom is -0.390 e. The molecule has 0 spiro atoms. The smallest absolute Gasteiger partial charge is 0.148 e. The van der Waals surface area contributed by atoms with E-state index in [1.165, 1.54) is 0 Å². The van der Waals surface area contributed by atoms with Crippen LogP contribution in [0.5, 0.6) is 0 Å². The number of hydrogen-bond acceptors (Lipinski definition) is 6. The molecule has 0 radical (unpaired) electrons. The summed E-state index contributed by atoms with van der Waals surface area (Å²) < 4.78 is 0. The van der Waals surface area contributed by atoms with Crippen molar-refractivity contribution in [3.63, 3.8) is 0 Å². The van der Waals surface area contributed by atoms with Gasteiger partial charge < -0.3 is 21.1 Å². The first kappa shape index (κ1) is 21.8. The number of rotatable bonds is 9. The van der Waals surface area contributed by atoms with Gasteiger partial charge in [0.25, 0.3) is 0 Å². The zero-order valence-corrected chi connectivity index (χ0v) is 15.5. The fourth-order valence-electron chi connectivity index (χ4n) is 3.42. The fourth-order valence-corrected chi connectivity index (χ4v) is 3.42. The number of aliphatic hydroxyl groups excluding tert-OH is 2. The highest BCUT2D eigenvalue weighted by molar-refractivity contribution is 4.95. The molecule has 0 rings (SSSR count). The summed E-state index contributed by atoms with van der Waals surface area (Å²) in [4.78, 5) is 0. The van der Waals surface area contributed by atoms with Crippen molar-refractivity contribution in [3.05, 3.63) is 0 Å². The lowest BCUT2D eigenvalue weighted by Crippen LogP contribution is -2.66. The van der Waals surface area contributed by atoms with Gasteiger partial charge in [0.1, 0.15) is 12.3 Å². The van der Waals surface area contributed by atoms with Crippen LogP contribution in [-0.2, 0) is 0 Å². The first-order valence-electron chi connectivity index (χ1n) is 7.98. The Balaban J connectivity index is 5.23. The normalized spacial score (nSPS) is 19.4. The molecular weight excluding hydrogens is 282 g/mol.